The molecule has 2 heterocycles. The van der Waals surface area contributed by atoms with Crippen molar-refractivity contribution in [3.63, 3.8) is 0 Å². The number of hydrogen-bond donors (Lipinski definition) is 1. The van der Waals surface area contributed by atoms with Crippen LogP contribution in [0.4, 0.5) is 10.5 Å². The Hall–Kier alpha value is -1.63. The van der Waals surface area contributed by atoms with Gasteiger partial charge in [-0.2, -0.15) is 0 Å². The summed E-state index contributed by atoms with van der Waals surface area (Å²) >= 11 is 3.43. The number of aldehydes is 1. The molecule has 1 N–H and O–H groups in total. The van der Waals surface area contributed by atoms with Gasteiger partial charge in [0, 0.05) is 25.5 Å². The number of aromatic nitrogens is 1. The molecule has 1 aromatic rings. The molecule has 0 bridgehead atoms. The lowest BCUT2D eigenvalue weighted by Crippen LogP contribution is -2.40. The van der Waals surface area contributed by atoms with E-state index in [0.29, 0.717) is 12.1 Å². The van der Waals surface area contributed by atoms with Crippen LogP contribution in [-0.2, 0) is 4.74 Å². The van der Waals surface area contributed by atoms with Crippen LogP contribution in [0.1, 0.15) is 37.6 Å². The van der Waals surface area contributed by atoms with Crippen molar-refractivity contribution < 1.29 is 14.3 Å². The van der Waals surface area contributed by atoms with Gasteiger partial charge in [0.25, 0.3) is 0 Å². The molecule has 0 aliphatic carbocycles. The maximum Gasteiger partial charge on any atom is 0.407 e. The van der Waals surface area contributed by atoms with Crippen LogP contribution in [0.25, 0.3) is 0 Å². The Bertz CT molecular complexity index is 572. The predicted octanol–water partition coefficient (Wildman–Crippen LogP) is 2.76. The summed E-state index contributed by atoms with van der Waals surface area (Å²) in [5.41, 5.74) is 0.840. The molecule has 0 saturated carbocycles. The first-order valence-electron chi connectivity index (χ1n) is 7.13. The molecular formula is C15H20BrN3O3. The molecule has 1 atom stereocenters. The van der Waals surface area contributed by atoms with Crippen molar-refractivity contribution in [2.24, 2.45) is 0 Å². The van der Waals surface area contributed by atoms with E-state index in [2.05, 4.69) is 31.1 Å². The normalized spacial score (nSPS) is 18.2. The van der Waals surface area contributed by atoms with Gasteiger partial charge in [-0.15, -0.1) is 0 Å². The molecule has 0 radical (unpaired) electrons. The zero-order valence-electron chi connectivity index (χ0n) is 12.9. The van der Waals surface area contributed by atoms with E-state index in [1.165, 1.54) is 0 Å². The zero-order chi connectivity index (χ0) is 16.3. The minimum absolute atomic E-state index is 0.00517. The number of nitrogens with zero attached hydrogens (tertiary/aromatic N) is 2. The van der Waals surface area contributed by atoms with Gasteiger partial charge in [0.1, 0.15) is 5.60 Å². The van der Waals surface area contributed by atoms with Crippen molar-refractivity contribution in [1.29, 1.82) is 0 Å². The maximum atomic E-state index is 11.8. The van der Waals surface area contributed by atoms with E-state index in [1.807, 2.05) is 20.8 Å². The Morgan fingerprint density at radius 3 is 2.86 bits per heavy atom. The number of amides is 1. The van der Waals surface area contributed by atoms with Crippen LogP contribution < -0.4 is 10.2 Å². The van der Waals surface area contributed by atoms with Crippen molar-refractivity contribution in [2.75, 3.05) is 18.0 Å². The van der Waals surface area contributed by atoms with E-state index in [0.717, 1.165) is 29.4 Å². The molecule has 1 unspecified atom stereocenters. The highest BCUT2D eigenvalue weighted by atomic mass is 79.9. The Balaban J connectivity index is 2.02. The van der Waals surface area contributed by atoms with Crippen molar-refractivity contribution in [2.45, 2.75) is 38.8 Å². The number of anilines is 1. The lowest BCUT2D eigenvalue weighted by Gasteiger charge is -2.23. The van der Waals surface area contributed by atoms with Gasteiger partial charge in [0.05, 0.1) is 21.8 Å². The largest absolute Gasteiger partial charge is 0.444 e. The topological polar surface area (TPSA) is 71.5 Å². The summed E-state index contributed by atoms with van der Waals surface area (Å²) in [5, 5.41) is 2.87. The number of carbonyl (C=O) groups excluding carboxylic acids is 2. The van der Waals surface area contributed by atoms with Gasteiger partial charge in [-0.05, 0) is 43.1 Å². The third-order valence-electron chi connectivity index (χ3n) is 3.25. The molecular weight excluding hydrogens is 350 g/mol. The molecule has 0 spiro atoms. The molecule has 120 valence electrons. The fourth-order valence-electron chi connectivity index (χ4n) is 2.42. The van der Waals surface area contributed by atoms with E-state index in [1.54, 1.807) is 12.4 Å². The van der Waals surface area contributed by atoms with Gasteiger partial charge < -0.3 is 15.0 Å². The first-order valence-corrected chi connectivity index (χ1v) is 7.92. The molecule has 1 aromatic heterocycles. The van der Waals surface area contributed by atoms with E-state index in [-0.39, 0.29) is 6.04 Å². The molecule has 1 amide bonds. The Labute approximate surface area is 138 Å². The third kappa shape index (κ3) is 4.19. The third-order valence-corrected chi connectivity index (χ3v) is 3.83. The lowest BCUT2D eigenvalue weighted by atomic mass is 10.2. The summed E-state index contributed by atoms with van der Waals surface area (Å²) in [6, 6.07) is -0.00517. The number of pyridine rings is 1. The van der Waals surface area contributed by atoms with Gasteiger partial charge in [-0.25, -0.2) is 4.79 Å². The van der Waals surface area contributed by atoms with Crippen molar-refractivity contribution in [3.05, 3.63) is 22.4 Å². The first kappa shape index (κ1) is 16.7. The summed E-state index contributed by atoms with van der Waals surface area (Å²) < 4.78 is 6.04. The van der Waals surface area contributed by atoms with Crippen molar-refractivity contribution in [1.82, 2.24) is 10.3 Å². The second kappa shape index (κ2) is 6.64. The Kier molecular flexibility index (Phi) is 5.05. The number of nitrogens with one attached hydrogen (secondary N) is 1. The van der Waals surface area contributed by atoms with Crippen LogP contribution in [0.5, 0.6) is 0 Å². The van der Waals surface area contributed by atoms with E-state index in [9.17, 15) is 9.59 Å². The van der Waals surface area contributed by atoms with Crippen LogP contribution >= 0.6 is 15.9 Å². The van der Waals surface area contributed by atoms with Crippen molar-refractivity contribution in [3.8, 4) is 0 Å². The SMILES string of the molecule is CC(C)(C)OC(=O)NC1CCN(c2c(Br)cncc2C=O)C1. The highest BCUT2D eigenvalue weighted by molar-refractivity contribution is 9.10. The first-order chi connectivity index (χ1) is 10.3. The van der Waals surface area contributed by atoms with E-state index < -0.39 is 11.7 Å². The molecule has 1 aliphatic heterocycles. The predicted molar refractivity (Wildman–Crippen MR) is 87.3 cm³/mol. The molecule has 6 nitrogen and oxygen atoms in total. The minimum Gasteiger partial charge on any atom is -0.444 e. The van der Waals surface area contributed by atoms with Gasteiger partial charge in [0.15, 0.2) is 6.29 Å². The molecule has 1 aliphatic rings. The second-order valence-electron chi connectivity index (χ2n) is 6.25. The fraction of sp³-hybridized carbons (Fsp3) is 0.533. The lowest BCUT2D eigenvalue weighted by molar-refractivity contribution is 0.0509. The van der Waals surface area contributed by atoms with Crippen LogP contribution in [-0.4, -0.2) is 42.1 Å². The molecule has 22 heavy (non-hydrogen) atoms. The number of carbonyl (C=O) groups is 2. The summed E-state index contributed by atoms with van der Waals surface area (Å²) in [6.45, 7) is 6.88. The maximum absolute atomic E-state index is 11.8. The van der Waals surface area contributed by atoms with Crippen LogP contribution in [0.15, 0.2) is 16.9 Å². The van der Waals surface area contributed by atoms with Crippen LogP contribution in [0, 0.1) is 0 Å². The second-order valence-corrected chi connectivity index (χ2v) is 7.11. The molecule has 1 fully saturated rings. The highest BCUT2D eigenvalue weighted by Crippen LogP contribution is 2.31. The number of ether oxygens (including phenoxy) is 1. The Morgan fingerprint density at radius 2 is 2.23 bits per heavy atom. The smallest absolute Gasteiger partial charge is 0.407 e. The Morgan fingerprint density at radius 1 is 1.50 bits per heavy atom. The number of alkyl carbamates (subject to hydrolysis) is 1. The van der Waals surface area contributed by atoms with Gasteiger partial charge >= 0.3 is 6.09 Å². The molecule has 0 aromatic carbocycles. The fourth-order valence-corrected chi connectivity index (χ4v) is 3.02. The quantitative estimate of drug-likeness (QED) is 0.829. The summed E-state index contributed by atoms with van der Waals surface area (Å²) in [5.74, 6) is 0. The van der Waals surface area contributed by atoms with E-state index >= 15 is 0 Å². The number of halogens is 1. The van der Waals surface area contributed by atoms with Crippen LogP contribution in [0.2, 0.25) is 0 Å². The highest BCUT2D eigenvalue weighted by Gasteiger charge is 2.28. The zero-order valence-corrected chi connectivity index (χ0v) is 14.5. The average Bonchev–Trinajstić information content (AvgIpc) is 2.83. The van der Waals surface area contributed by atoms with E-state index in [4.69, 9.17) is 4.74 Å². The standard InChI is InChI=1S/C15H20BrN3O3/c1-15(2,3)22-14(21)18-11-4-5-19(8-11)13-10(9-20)6-17-7-12(13)16/h6-7,9,11H,4-5,8H2,1-3H3,(H,18,21). The van der Waals surface area contributed by atoms with Crippen molar-refractivity contribution >= 4 is 34.0 Å². The summed E-state index contributed by atoms with van der Waals surface area (Å²) in [6.07, 6.45) is 4.39. The summed E-state index contributed by atoms with van der Waals surface area (Å²) in [4.78, 5) is 29.1. The molecule has 7 heteroatoms. The minimum atomic E-state index is -0.513. The van der Waals surface area contributed by atoms with Gasteiger partial charge in [-0.1, -0.05) is 0 Å². The molecule has 1 saturated heterocycles. The monoisotopic (exact) mass is 369 g/mol. The molecule has 2 rings (SSSR count). The van der Waals surface area contributed by atoms with Crippen LogP contribution in [0.3, 0.4) is 0 Å². The number of hydrogen-bond acceptors (Lipinski definition) is 5. The summed E-state index contributed by atoms with van der Waals surface area (Å²) in [7, 11) is 0. The van der Waals surface area contributed by atoms with Gasteiger partial charge in [0.2, 0.25) is 0 Å². The number of rotatable bonds is 3. The average molecular weight is 370 g/mol. The van der Waals surface area contributed by atoms with Gasteiger partial charge in [-0.3, -0.25) is 9.78 Å².